The molecule has 0 aliphatic heterocycles. The second kappa shape index (κ2) is 4.33. The predicted molar refractivity (Wildman–Crippen MR) is 49.9 cm³/mol. The first-order valence-corrected chi connectivity index (χ1v) is 4.20. The van der Waals surface area contributed by atoms with Gasteiger partial charge in [0.05, 0.1) is 0 Å². The largest absolute Gasteiger partial charge is 0.406 e. The van der Waals surface area contributed by atoms with Gasteiger partial charge >= 0.3 is 6.18 Å². The molecule has 0 saturated heterocycles. The van der Waals surface area contributed by atoms with Crippen LogP contribution in [0.4, 0.5) is 19.1 Å². The Bertz CT molecular complexity index is 393. The Morgan fingerprint density at radius 2 is 2.19 bits per heavy atom. The zero-order valence-electron chi connectivity index (χ0n) is 8.32. The summed E-state index contributed by atoms with van der Waals surface area (Å²) >= 11 is 0. The van der Waals surface area contributed by atoms with E-state index in [1.54, 1.807) is 0 Å². The van der Waals surface area contributed by atoms with Crippen molar-refractivity contribution in [1.29, 1.82) is 0 Å². The van der Waals surface area contributed by atoms with Gasteiger partial charge in [-0.3, -0.25) is 4.79 Å². The number of nitrogens with zero attached hydrogens (tertiary/aromatic N) is 3. The maximum absolute atomic E-state index is 12.1. The van der Waals surface area contributed by atoms with Gasteiger partial charge in [0.15, 0.2) is 0 Å². The minimum atomic E-state index is -4.36. The smallest absolute Gasteiger partial charge is 0.364 e. The number of aromatic nitrogens is 2. The van der Waals surface area contributed by atoms with E-state index in [4.69, 9.17) is 5.73 Å². The molecular weight excluding hydrogens is 225 g/mol. The van der Waals surface area contributed by atoms with Crippen LogP contribution in [0.3, 0.4) is 0 Å². The van der Waals surface area contributed by atoms with Crippen molar-refractivity contribution in [3.05, 3.63) is 18.0 Å². The van der Waals surface area contributed by atoms with Crippen molar-refractivity contribution in [3.63, 3.8) is 0 Å². The zero-order chi connectivity index (χ0) is 12.3. The van der Waals surface area contributed by atoms with E-state index >= 15 is 0 Å². The Hall–Kier alpha value is -1.86. The number of amides is 1. The molecule has 0 unspecified atom stereocenters. The first-order chi connectivity index (χ1) is 7.29. The molecule has 0 aliphatic rings. The summed E-state index contributed by atoms with van der Waals surface area (Å²) in [6, 6.07) is 1.23. The molecule has 8 heteroatoms. The van der Waals surface area contributed by atoms with Crippen LogP contribution in [-0.4, -0.2) is 35.6 Å². The number of hydrogen-bond donors (Lipinski definition) is 1. The summed E-state index contributed by atoms with van der Waals surface area (Å²) in [6.45, 7) is -1.20. The monoisotopic (exact) mass is 234 g/mol. The Morgan fingerprint density at radius 1 is 1.56 bits per heavy atom. The van der Waals surface area contributed by atoms with Crippen LogP contribution in [0.5, 0.6) is 0 Å². The number of carbonyl (C=O) groups excluding carboxylic acids is 1. The molecule has 1 amide bonds. The lowest BCUT2D eigenvalue weighted by Gasteiger charge is -2.18. The Balaban J connectivity index is 2.87. The predicted octanol–water partition coefficient (Wildman–Crippen LogP) is 0.574. The number of nitrogens with two attached hydrogens (primary N) is 1. The summed E-state index contributed by atoms with van der Waals surface area (Å²) < 4.78 is 36.2. The summed E-state index contributed by atoms with van der Waals surface area (Å²) in [4.78, 5) is 18.7. The van der Waals surface area contributed by atoms with Gasteiger partial charge in [-0.05, 0) is 6.07 Å². The number of halogens is 3. The second-order valence-electron chi connectivity index (χ2n) is 3.08. The van der Waals surface area contributed by atoms with Crippen LogP contribution in [0.2, 0.25) is 0 Å². The molecule has 16 heavy (non-hydrogen) atoms. The molecular formula is C8H9F3N4O. The molecule has 88 valence electrons. The number of rotatable bonds is 3. The number of carbonyl (C=O) groups is 1. The van der Waals surface area contributed by atoms with Crippen LogP contribution in [0, 0.1) is 0 Å². The summed E-state index contributed by atoms with van der Waals surface area (Å²) in [5.41, 5.74) is 4.81. The fraction of sp³-hybridized carbons (Fsp3) is 0.375. The summed E-state index contributed by atoms with van der Waals surface area (Å²) in [6.07, 6.45) is -3.18. The normalized spacial score (nSPS) is 11.2. The fourth-order valence-electron chi connectivity index (χ4n) is 1.01. The minimum absolute atomic E-state index is 0.126. The minimum Gasteiger partial charge on any atom is -0.364 e. The van der Waals surface area contributed by atoms with Crippen LogP contribution in [0.25, 0.3) is 0 Å². The van der Waals surface area contributed by atoms with Crippen LogP contribution in [0.15, 0.2) is 12.3 Å². The SMILES string of the molecule is CN(CC(F)(F)F)c1nccc(C(N)=O)n1. The van der Waals surface area contributed by atoms with Crippen molar-refractivity contribution in [2.45, 2.75) is 6.18 Å². The third kappa shape index (κ3) is 3.37. The number of anilines is 1. The molecule has 0 bridgehead atoms. The van der Waals surface area contributed by atoms with Crippen molar-refractivity contribution in [1.82, 2.24) is 9.97 Å². The van der Waals surface area contributed by atoms with Gasteiger partial charge in [0.1, 0.15) is 12.2 Å². The fourth-order valence-corrected chi connectivity index (χ4v) is 1.01. The summed E-state index contributed by atoms with van der Waals surface area (Å²) in [7, 11) is 1.17. The molecule has 1 rings (SSSR count). The molecule has 1 aromatic rings. The highest BCUT2D eigenvalue weighted by molar-refractivity contribution is 5.90. The third-order valence-corrected chi connectivity index (χ3v) is 1.65. The van der Waals surface area contributed by atoms with Crippen LogP contribution in [-0.2, 0) is 0 Å². The zero-order valence-corrected chi connectivity index (χ0v) is 8.32. The molecule has 5 nitrogen and oxygen atoms in total. The van der Waals surface area contributed by atoms with E-state index < -0.39 is 18.6 Å². The van der Waals surface area contributed by atoms with E-state index in [0.29, 0.717) is 0 Å². The van der Waals surface area contributed by atoms with E-state index in [1.807, 2.05) is 0 Å². The number of hydrogen-bond acceptors (Lipinski definition) is 4. The lowest BCUT2D eigenvalue weighted by atomic mass is 10.4. The highest BCUT2D eigenvalue weighted by Crippen LogP contribution is 2.18. The number of alkyl halides is 3. The van der Waals surface area contributed by atoms with E-state index in [-0.39, 0.29) is 11.6 Å². The second-order valence-corrected chi connectivity index (χ2v) is 3.08. The van der Waals surface area contributed by atoms with Gasteiger partial charge in [-0.15, -0.1) is 0 Å². The summed E-state index contributed by atoms with van der Waals surface area (Å²) in [5, 5.41) is 0. The van der Waals surface area contributed by atoms with Crippen LogP contribution < -0.4 is 10.6 Å². The molecule has 0 aliphatic carbocycles. The topological polar surface area (TPSA) is 72.1 Å². The van der Waals surface area contributed by atoms with Crippen molar-refractivity contribution in [3.8, 4) is 0 Å². The molecule has 2 N–H and O–H groups in total. The quantitative estimate of drug-likeness (QED) is 0.830. The molecule has 0 radical (unpaired) electrons. The lowest BCUT2D eigenvalue weighted by Crippen LogP contribution is -2.32. The highest BCUT2D eigenvalue weighted by atomic mass is 19.4. The van der Waals surface area contributed by atoms with Crippen molar-refractivity contribution in [2.75, 3.05) is 18.5 Å². The molecule has 1 aromatic heterocycles. The van der Waals surface area contributed by atoms with E-state index in [1.165, 1.54) is 19.3 Å². The van der Waals surface area contributed by atoms with Crippen molar-refractivity contribution in [2.24, 2.45) is 5.73 Å². The standard InChI is InChI=1S/C8H9F3N4O/c1-15(4-8(9,10)11)7-13-3-2-5(14-7)6(12)16/h2-3H,4H2,1H3,(H2,12,16). The molecule has 0 atom stereocenters. The number of primary amides is 1. The average Bonchev–Trinajstić information content (AvgIpc) is 2.15. The van der Waals surface area contributed by atoms with Gasteiger partial charge in [-0.25, -0.2) is 9.97 Å². The molecule has 0 saturated carbocycles. The first kappa shape index (κ1) is 12.2. The molecule has 1 heterocycles. The van der Waals surface area contributed by atoms with E-state index in [9.17, 15) is 18.0 Å². The molecule has 0 spiro atoms. The lowest BCUT2D eigenvalue weighted by molar-refractivity contribution is -0.119. The maximum atomic E-state index is 12.1. The molecule has 0 aromatic carbocycles. The van der Waals surface area contributed by atoms with Gasteiger partial charge in [0.2, 0.25) is 5.95 Å². The first-order valence-electron chi connectivity index (χ1n) is 4.20. The Labute approximate surface area is 89.1 Å². The van der Waals surface area contributed by atoms with Gasteiger partial charge in [-0.2, -0.15) is 13.2 Å². The van der Waals surface area contributed by atoms with Gasteiger partial charge in [0, 0.05) is 13.2 Å². The van der Waals surface area contributed by atoms with Crippen LogP contribution >= 0.6 is 0 Å². The van der Waals surface area contributed by atoms with Gasteiger partial charge < -0.3 is 10.6 Å². The Kier molecular flexibility index (Phi) is 3.31. The van der Waals surface area contributed by atoms with E-state index in [2.05, 4.69) is 9.97 Å². The molecule has 0 fully saturated rings. The summed E-state index contributed by atoms with van der Waals surface area (Å²) in [5.74, 6) is -1.02. The highest BCUT2D eigenvalue weighted by Gasteiger charge is 2.30. The van der Waals surface area contributed by atoms with Crippen molar-refractivity contribution < 1.29 is 18.0 Å². The van der Waals surface area contributed by atoms with Gasteiger partial charge in [-0.1, -0.05) is 0 Å². The van der Waals surface area contributed by atoms with Crippen molar-refractivity contribution >= 4 is 11.9 Å². The Morgan fingerprint density at radius 3 is 2.69 bits per heavy atom. The van der Waals surface area contributed by atoms with Crippen LogP contribution in [0.1, 0.15) is 10.5 Å². The average molecular weight is 234 g/mol. The third-order valence-electron chi connectivity index (χ3n) is 1.65. The van der Waals surface area contributed by atoms with E-state index in [0.717, 1.165) is 4.90 Å². The van der Waals surface area contributed by atoms with Gasteiger partial charge in [0.25, 0.3) is 5.91 Å². The maximum Gasteiger partial charge on any atom is 0.406 e.